The minimum atomic E-state index is -0.416. The molecule has 0 spiro atoms. The van der Waals surface area contributed by atoms with Crippen LogP contribution < -0.4 is 14.8 Å². The van der Waals surface area contributed by atoms with Gasteiger partial charge in [0.1, 0.15) is 6.07 Å². The number of benzene rings is 2. The highest BCUT2D eigenvalue weighted by Crippen LogP contribution is 2.29. The summed E-state index contributed by atoms with van der Waals surface area (Å²) in [5.41, 5.74) is 1.44. The van der Waals surface area contributed by atoms with Crippen LogP contribution in [0.5, 0.6) is 11.5 Å². The van der Waals surface area contributed by atoms with Crippen molar-refractivity contribution in [2.24, 2.45) is 5.16 Å². The van der Waals surface area contributed by atoms with E-state index in [1.165, 1.54) is 32.6 Å². The van der Waals surface area contributed by atoms with Crippen molar-refractivity contribution < 1.29 is 19.1 Å². The monoisotopic (exact) mass is 373 g/mol. The molecule has 0 radical (unpaired) electrons. The second-order valence-corrected chi connectivity index (χ2v) is 5.35. The fourth-order valence-corrected chi connectivity index (χ4v) is 2.31. The van der Waals surface area contributed by atoms with Crippen LogP contribution in [0.2, 0.25) is 5.02 Å². The summed E-state index contributed by atoms with van der Waals surface area (Å²) in [5, 5.41) is 15.4. The van der Waals surface area contributed by atoms with E-state index in [9.17, 15) is 4.79 Å². The maximum absolute atomic E-state index is 11.9. The summed E-state index contributed by atoms with van der Waals surface area (Å²) in [7, 11) is 3.06. The van der Waals surface area contributed by atoms with E-state index in [1.807, 2.05) is 6.07 Å². The minimum absolute atomic E-state index is 0.259. The lowest BCUT2D eigenvalue weighted by Gasteiger charge is -2.09. The van der Waals surface area contributed by atoms with E-state index in [-0.39, 0.29) is 11.6 Å². The minimum Gasteiger partial charge on any atom is -0.493 e. The number of nitrogens with one attached hydrogen (secondary N) is 1. The normalized spacial score (nSPS) is 10.2. The fourth-order valence-electron chi connectivity index (χ4n) is 2.08. The lowest BCUT2D eigenvalue weighted by molar-refractivity contribution is -0.120. The number of nitrogens with zero attached hydrogens (tertiary/aromatic N) is 2. The van der Waals surface area contributed by atoms with Crippen LogP contribution in [-0.4, -0.2) is 32.9 Å². The molecule has 0 atom stereocenters. The smallest absolute Gasteiger partial charge is 0.265 e. The zero-order valence-corrected chi connectivity index (χ0v) is 14.9. The van der Waals surface area contributed by atoms with Gasteiger partial charge < -0.3 is 19.6 Å². The first-order chi connectivity index (χ1) is 12.6. The Balaban J connectivity index is 1.91. The molecule has 0 fully saturated rings. The molecule has 0 bridgehead atoms. The number of carbonyl (C=O) groups is 1. The Hall–Kier alpha value is -3.24. The summed E-state index contributed by atoms with van der Waals surface area (Å²) in [6, 6.07) is 11.8. The molecule has 7 nitrogen and oxygen atoms in total. The fraction of sp³-hybridized carbons (Fsp3) is 0.167. The van der Waals surface area contributed by atoms with Gasteiger partial charge >= 0.3 is 0 Å². The van der Waals surface area contributed by atoms with Gasteiger partial charge in [0.05, 0.1) is 31.0 Å². The number of rotatable bonds is 7. The molecular weight excluding hydrogens is 358 g/mol. The predicted octanol–water partition coefficient (Wildman–Crippen LogP) is 3.22. The highest BCUT2D eigenvalue weighted by Gasteiger charge is 2.08. The standard InChI is InChI=1S/C18H16ClN3O4/c1-24-16-5-3-4-13(18(16)25-2)10-21-26-11-17(23)22-14-7-6-12(9-20)15(19)8-14/h3-8,10H,11H2,1-2H3,(H,22,23)/b21-10-. The second kappa shape index (κ2) is 9.30. The lowest BCUT2D eigenvalue weighted by Crippen LogP contribution is -2.17. The van der Waals surface area contributed by atoms with Gasteiger partial charge in [-0.3, -0.25) is 4.79 Å². The predicted molar refractivity (Wildman–Crippen MR) is 97.9 cm³/mol. The van der Waals surface area contributed by atoms with Crippen LogP contribution in [-0.2, 0) is 9.63 Å². The lowest BCUT2D eigenvalue weighted by atomic mass is 10.2. The molecule has 1 N–H and O–H groups in total. The van der Waals surface area contributed by atoms with Crippen LogP contribution >= 0.6 is 11.6 Å². The summed E-state index contributed by atoms with van der Waals surface area (Å²) < 4.78 is 10.5. The van der Waals surface area contributed by atoms with E-state index in [0.29, 0.717) is 28.3 Å². The molecule has 2 aromatic rings. The zero-order valence-electron chi connectivity index (χ0n) is 14.2. The average molecular weight is 374 g/mol. The van der Waals surface area contributed by atoms with E-state index >= 15 is 0 Å². The van der Waals surface area contributed by atoms with Crippen molar-refractivity contribution in [3.05, 3.63) is 52.5 Å². The average Bonchev–Trinajstić information content (AvgIpc) is 2.65. The highest BCUT2D eigenvalue weighted by molar-refractivity contribution is 6.32. The first-order valence-corrected chi connectivity index (χ1v) is 7.82. The number of anilines is 1. The Morgan fingerprint density at radius 2 is 2.12 bits per heavy atom. The van der Waals surface area contributed by atoms with Crippen molar-refractivity contribution in [3.63, 3.8) is 0 Å². The quantitative estimate of drug-likeness (QED) is 0.594. The van der Waals surface area contributed by atoms with E-state index in [0.717, 1.165) is 0 Å². The molecule has 0 aromatic heterocycles. The maximum atomic E-state index is 11.9. The van der Waals surface area contributed by atoms with E-state index in [2.05, 4.69) is 10.5 Å². The van der Waals surface area contributed by atoms with Crippen LogP contribution in [0.25, 0.3) is 0 Å². The molecule has 0 aliphatic heterocycles. The summed E-state index contributed by atoms with van der Waals surface area (Å²) in [5.74, 6) is 0.659. The number of carbonyl (C=O) groups excluding carboxylic acids is 1. The van der Waals surface area contributed by atoms with Gasteiger partial charge in [0.15, 0.2) is 18.1 Å². The van der Waals surface area contributed by atoms with E-state index in [4.69, 9.17) is 31.2 Å². The number of nitriles is 1. The third-order valence-corrected chi connectivity index (χ3v) is 3.58. The van der Waals surface area contributed by atoms with Gasteiger partial charge in [-0.25, -0.2) is 0 Å². The molecule has 0 saturated heterocycles. The molecular formula is C18H16ClN3O4. The molecule has 8 heteroatoms. The van der Waals surface area contributed by atoms with Gasteiger partial charge in [0, 0.05) is 11.3 Å². The topological polar surface area (TPSA) is 92.9 Å². The third-order valence-electron chi connectivity index (χ3n) is 3.27. The van der Waals surface area contributed by atoms with Gasteiger partial charge in [0.25, 0.3) is 5.91 Å². The molecule has 0 unspecified atom stereocenters. The number of hydrogen-bond donors (Lipinski definition) is 1. The van der Waals surface area contributed by atoms with Crippen molar-refractivity contribution in [1.82, 2.24) is 0 Å². The number of hydrogen-bond acceptors (Lipinski definition) is 6. The van der Waals surface area contributed by atoms with Crippen LogP contribution in [0.15, 0.2) is 41.6 Å². The van der Waals surface area contributed by atoms with Gasteiger partial charge in [-0.05, 0) is 30.3 Å². The number of ether oxygens (including phenoxy) is 2. The van der Waals surface area contributed by atoms with Gasteiger partial charge in [-0.15, -0.1) is 0 Å². The number of para-hydroxylation sites is 1. The van der Waals surface area contributed by atoms with Gasteiger partial charge in [-0.2, -0.15) is 5.26 Å². The third kappa shape index (κ3) is 4.88. The summed E-state index contributed by atoms with van der Waals surface area (Å²) in [6.07, 6.45) is 1.42. The SMILES string of the molecule is COc1cccc(/C=N\OCC(=O)Nc2ccc(C#N)c(Cl)c2)c1OC. The van der Waals surface area contributed by atoms with Crippen LogP contribution in [0.4, 0.5) is 5.69 Å². The Kier molecular flexibility index (Phi) is 6.83. The summed E-state index contributed by atoms with van der Waals surface area (Å²) in [4.78, 5) is 16.8. The molecule has 0 aliphatic carbocycles. The highest BCUT2D eigenvalue weighted by atomic mass is 35.5. The molecule has 2 aromatic carbocycles. The van der Waals surface area contributed by atoms with Crippen LogP contribution in [0.1, 0.15) is 11.1 Å². The summed E-state index contributed by atoms with van der Waals surface area (Å²) >= 11 is 5.91. The molecule has 0 aliphatic rings. The Labute approximate surface area is 155 Å². The second-order valence-electron chi connectivity index (χ2n) is 4.95. The van der Waals surface area contributed by atoms with Crippen LogP contribution in [0.3, 0.4) is 0 Å². The molecule has 2 rings (SSSR count). The van der Waals surface area contributed by atoms with E-state index in [1.54, 1.807) is 24.3 Å². The molecule has 1 amide bonds. The number of amides is 1. The molecule has 0 heterocycles. The first kappa shape index (κ1) is 19.1. The van der Waals surface area contributed by atoms with E-state index < -0.39 is 5.91 Å². The Morgan fingerprint density at radius 3 is 2.77 bits per heavy atom. The molecule has 26 heavy (non-hydrogen) atoms. The number of methoxy groups -OCH3 is 2. The number of halogens is 1. The largest absolute Gasteiger partial charge is 0.493 e. The van der Waals surface area contributed by atoms with Gasteiger partial charge in [0.2, 0.25) is 0 Å². The van der Waals surface area contributed by atoms with Crippen molar-refractivity contribution >= 4 is 29.4 Å². The van der Waals surface area contributed by atoms with Gasteiger partial charge in [-0.1, -0.05) is 22.8 Å². The Morgan fingerprint density at radius 1 is 1.31 bits per heavy atom. The Bertz CT molecular complexity index is 862. The number of oxime groups is 1. The van der Waals surface area contributed by atoms with Crippen LogP contribution in [0, 0.1) is 11.3 Å². The first-order valence-electron chi connectivity index (χ1n) is 7.45. The van der Waals surface area contributed by atoms with Crippen molar-refractivity contribution in [2.75, 3.05) is 26.1 Å². The molecule has 0 saturated carbocycles. The maximum Gasteiger partial charge on any atom is 0.265 e. The summed E-state index contributed by atoms with van der Waals surface area (Å²) in [6.45, 7) is -0.291. The van der Waals surface area contributed by atoms with Crippen molar-refractivity contribution in [3.8, 4) is 17.6 Å². The zero-order chi connectivity index (χ0) is 18.9. The van der Waals surface area contributed by atoms with Crippen molar-refractivity contribution in [1.29, 1.82) is 5.26 Å². The van der Waals surface area contributed by atoms with Crippen molar-refractivity contribution in [2.45, 2.75) is 0 Å². The molecule has 134 valence electrons.